The first-order chi connectivity index (χ1) is 6.74. The molecule has 0 aromatic heterocycles. The van der Waals surface area contributed by atoms with Crippen molar-refractivity contribution in [2.75, 3.05) is 11.5 Å². The molecule has 1 heteroatoms. The third-order valence-electron chi connectivity index (χ3n) is 4.30. The zero-order valence-corrected chi connectivity index (χ0v) is 10.5. The summed E-state index contributed by atoms with van der Waals surface area (Å²) in [5, 5.41) is 0. The molecule has 2 saturated carbocycles. The topological polar surface area (TPSA) is 0 Å². The van der Waals surface area contributed by atoms with Gasteiger partial charge >= 0.3 is 0 Å². The molecule has 0 aliphatic heterocycles. The van der Waals surface area contributed by atoms with Crippen LogP contribution >= 0.6 is 11.8 Å². The molecule has 0 aromatic rings. The Bertz CT molecular complexity index is 190. The van der Waals surface area contributed by atoms with Gasteiger partial charge in [-0.25, -0.2) is 0 Å². The van der Waals surface area contributed by atoms with Crippen molar-refractivity contribution >= 4 is 11.8 Å². The Morgan fingerprint density at radius 1 is 1.36 bits per heavy atom. The molecular formula is C13H24S. The van der Waals surface area contributed by atoms with Crippen LogP contribution < -0.4 is 0 Å². The van der Waals surface area contributed by atoms with Gasteiger partial charge in [-0.1, -0.05) is 13.8 Å². The highest BCUT2D eigenvalue weighted by atomic mass is 32.2. The molecule has 0 radical (unpaired) electrons. The first-order valence-corrected chi connectivity index (χ1v) is 7.48. The van der Waals surface area contributed by atoms with Crippen molar-refractivity contribution in [1.82, 2.24) is 0 Å². The van der Waals surface area contributed by atoms with Crippen LogP contribution in [-0.4, -0.2) is 11.5 Å². The number of hydrogen-bond acceptors (Lipinski definition) is 1. The van der Waals surface area contributed by atoms with Crippen LogP contribution in [0.15, 0.2) is 0 Å². The molecule has 2 aliphatic rings. The fourth-order valence-electron chi connectivity index (χ4n) is 2.99. The predicted molar refractivity (Wildman–Crippen MR) is 65.8 cm³/mol. The Morgan fingerprint density at radius 3 is 2.93 bits per heavy atom. The quantitative estimate of drug-likeness (QED) is 0.611. The summed E-state index contributed by atoms with van der Waals surface area (Å²) in [7, 11) is 0. The summed E-state index contributed by atoms with van der Waals surface area (Å²) in [6.07, 6.45) is 9.00. The lowest BCUT2D eigenvalue weighted by Crippen LogP contribution is -2.14. The highest BCUT2D eigenvalue weighted by molar-refractivity contribution is 7.99. The molecule has 3 atom stereocenters. The fourth-order valence-corrected chi connectivity index (χ4v) is 3.98. The molecule has 0 N–H and O–H groups in total. The number of hydrogen-bond donors (Lipinski definition) is 0. The van der Waals surface area contributed by atoms with Crippen LogP contribution in [0.2, 0.25) is 0 Å². The van der Waals surface area contributed by atoms with Crippen LogP contribution in [0.4, 0.5) is 0 Å². The SMILES string of the molecule is CCCSCCC1CCC2(C)CC2C1. The van der Waals surface area contributed by atoms with E-state index in [4.69, 9.17) is 0 Å². The maximum atomic E-state index is 2.50. The molecular weight excluding hydrogens is 188 g/mol. The van der Waals surface area contributed by atoms with E-state index < -0.39 is 0 Å². The molecule has 0 saturated heterocycles. The highest BCUT2D eigenvalue weighted by Crippen LogP contribution is 2.62. The molecule has 0 bridgehead atoms. The minimum absolute atomic E-state index is 0.813. The van der Waals surface area contributed by atoms with E-state index in [0.29, 0.717) is 0 Å². The van der Waals surface area contributed by atoms with Crippen LogP contribution in [0, 0.1) is 17.3 Å². The minimum atomic E-state index is 0.813. The van der Waals surface area contributed by atoms with Gasteiger partial charge in [0.25, 0.3) is 0 Å². The Balaban J connectivity index is 1.59. The Morgan fingerprint density at radius 2 is 2.21 bits per heavy atom. The van der Waals surface area contributed by atoms with Crippen molar-refractivity contribution in [3.8, 4) is 0 Å². The van der Waals surface area contributed by atoms with Gasteiger partial charge in [0.05, 0.1) is 0 Å². The Hall–Kier alpha value is 0.350. The second kappa shape index (κ2) is 4.47. The molecule has 82 valence electrons. The van der Waals surface area contributed by atoms with Gasteiger partial charge in [-0.3, -0.25) is 0 Å². The predicted octanol–water partition coefficient (Wildman–Crippen LogP) is 4.35. The lowest BCUT2D eigenvalue weighted by molar-refractivity contribution is 0.274. The molecule has 0 nitrogen and oxygen atoms in total. The average molecular weight is 212 g/mol. The van der Waals surface area contributed by atoms with Crippen LogP contribution in [0.5, 0.6) is 0 Å². The van der Waals surface area contributed by atoms with E-state index >= 15 is 0 Å². The summed E-state index contributed by atoms with van der Waals surface area (Å²) in [6.45, 7) is 4.78. The van der Waals surface area contributed by atoms with Gasteiger partial charge in [0, 0.05) is 0 Å². The lowest BCUT2D eigenvalue weighted by atomic mass is 9.82. The van der Waals surface area contributed by atoms with Crippen molar-refractivity contribution in [2.24, 2.45) is 17.3 Å². The van der Waals surface area contributed by atoms with Gasteiger partial charge in [-0.15, -0.1) is 0 Å². The van der Waals surface area contributed by atoms with E-state index in [-0.39, 0.29) is 0 Å². The Kier molecular flexibility index (Phi) is 3.46. The zero-order valence-electron chi connectivity index (χ0n) is 9.72. The summed E-state index contributed by atoms with van der Waals surface area (Å²) < 4.78 is 0. The highest BCUT2D eigenvalue weighted by Gasteiger charge is 2.52. The number of thioether (sulfide) groups is 1. The smallest absolute Gasteiger partial charge is 0.00649 e. The van der Waals surface area contributed by atoms with Crippen LogP contribution in [0.3, 0.4) is 0 Å². The molecule has 3 unspecified atom stereocenters. The zero-order chi connectivity index (χ0) is 10.0. The van der Waals surface area contributed by atoms with Gasteiger partial charge in [0.1, 0.15) is 0 Å². The summed E-state index contributed by atoms with van der Waals surface area (Å²) in [5.74, 6) is 4.99. The van der Waals surface area contributed by atoms with Crippen LogP contribution in [0.1, 0.15) is 52.4 Å². The van der Waals surface area contributed by atoms with Gasteiger partial charge in [-0.05, 0) is 67.3 Å². The second-order valence-corrected chi connectivity index (χ2v) is 6.82. The van der Waals surface area contributed by atoms with Gasteiger partial charge in [0.2, 0.25) is 0 Å². The largest absolute Gasteiger partial charge is 0.162 e. The molecule has 0 spiro atoms. The molecule has 14 heavy (non-hydrogen) atoms. The first kappa shape index (κ1) is 10.9. The molecule has 2 fully saturated rings. The maximum absolute atomic E-state index is 2.50. The first-order valence-electron chi connectivity index (χ1n) is 6.32. The lowest BCUT2D eigenvalue weighted by Gasteiger charge is -2.25. The van der Waals surface area contributed by atoms with E-state index in [2.05, 4.69) is 25.6 Å². The van der Waals surface area contributed by atoms with E-state index in [1.807, 2.05) is 0 Å². The summed E-state index contributed by atoms with van der Waals surface area (Å²) in [4.78, 5) is 0. The minimum Gasteiger partial charge on any atom is -0.162 e. The van der Waals surface area contributed by atoms with E-state index in [9.17, 15) is 0 Å². The normalized spacial score (nSPS) is 40.7. The fraction of sp³-hybridized carbons (Fsp3) is 1.00. The Labute approximate surface area is 93.2 Å². The van der Waals surface area contributed by atoms with Gasteiger partial charge in [0.15, 0.2) is 0 Å². The van der Waals surface area contributed by atoms with Crippen molar-refractivity contribution < 1.29 is 0 Å². The molecule has 0 heterocycles. The van der Waals surface area contributed by atoms with Crippen LogP contribution in [0.25, 0.3) is 0 Å². The molecule has 2 aliphatic carbocycles. The molecule has 0 aromatic carbocycles. The van der Waals surface area contributed by atoms with Crippen molar-refractivity contribution in [2.45, 2.75) is 52.4 Å². The van der Waals surface area contributed by atoms with Crippen molar-refractivity contribution in [3.05, 3.63) is 0 Å². The van der Waals surface area contributed by atoms with E-state index in [0.717, 1.165) is 17.3 Å². The third-order valence-corrected chi connectivity index (χ3v) is 5.52. The summed E-state index contributed by atoms with van der Waals surface area (Å²) >= 11 is 2.16. The maximum Gasteiger partial charge on any atom is -0.00649 e. The third kappa shape index (κ3) is 2.48. The molecule has 0 amide bonds. The van der Waals surface area contributed by atoms with E-state index in [1.54, 1.807) is 12.8 Å². The van der Waals surface area contributed by atoms with Gasteiger partial charge in [-0.2, -0.15) is 11.8 Å². The average Bonchev–Trinajstić information content (AvgIpc) is 2.84. The van der Waals surface area contributed by atoms with Crippen LogP contribution in [-0.2, 0) is 0 Å². The number of rotatable bonds is 5. The second-order valence-electron chi connectivity index (χ2n) is 5.60. The van der Waals surface area contributed by atoms with Crippen molar-refractivity contribution in [3.63, 3.8) is 0 Å². The van der Waals surface area contributed by atoms with E-state index in [1.165, 1.54) is 37.2 Å². The summed E-state index contributed by atoms with van der Waals surface area (Å²) in [6, 6.07) is 0. The van der Waals surface area contributed by atoms with Gasteiger partial charge < -0.3 is 0 Å². The molecule has 2 rings (SSSR count). The monoisotopic (exact) mass is 212 g/mol. The van der Waals surface area contributed by atoms with Crippen molar-refractivity contribution in [1.29, 1.82) is 0 Å². The standard InChI is InChI=1S/C13H24S/c1-3-7-14-8-5-11-4-6-13(2)10-12(13)9-11/h11-12H,3-10H2,1-2H3. The summed E-state index contributed by atoms with van der Waals surface area (Å²) in [5.41, 5.74) is 0.813. The number of fused-ring (bicyclic) bond motifs is 1.